The number of halogens is 2. The van der Waals surface area contributed by atoms with Gasteiger partial charge in [-0.2, -0.15) is 0 Å². The molecule has 2 nitrogen and oxygen atoms in total. The normalized spacial score (nSPS) is 12.4. The summed E-state index contributed by atoms with van der Waals surface area (Å²) in [6, 6.07) is 13.9. The molecule has 0 saturated carbocycles. The molecule has 1 unspecified atom stereocenters. The van der Waals surface area contributed by atoms with E-state index in [0.717, 1.165) is 15.6 Å². The van der Waals surface area contributed by atoms with Crippen LogP contribution in [0.4, 0.5) is 0 Å². The first-order chi connectivity index (χ1) is 8.61. The molecule has 94 valence electrons. The van der Waals surface area contributed by atoms with Crippen LogP contribution in [-0.4, -0.2) is 0 Å². The van der Waals surface area contributed by atoms with E-state index in [-0.39, 0.29) is 6.04 Å². The molecule has 0 fully saturated rings. The maximum atomic E-state index is 6.23. The average molecular weight is 326 g/mol. The summed E-state index contributed by atoms with van der Waals surface area (Å²) in [6.45, 7) is 2.06. The predicted molar refractivity (Wildman–Crippen MR) is 79.5 cm³/mol. The van der Waals surface area contributed by atoms with Crippen molar-refractivity contribution >= 4 is 27.5 Å². The molecule has 0 aliphatic carbocycles. The molecule has 2 rings (SSSR count). The third-order valence-corrected chi connectivity index (χ3v) is 3.68. The van der Waals surface area contributed by atoms with Crippen LogP contribution in [0.1, 0.15) is 22.7 Å². The minimum absolute atomic E-state index is 0.115. The van der Waals surface area contributed by atoms with E-state index in [4.69, 9.17) is 17.4 Å². The van der Waals surface area contributed by atoms with Crippen molar-refractivity contribution in [1.29, 1.82) is 0 Å². The van der Waals surface area contributed by atoms with Gasteiger partial charge in [-0.05, 0) is 36.2 Å². The van der Waals surface area contributed by atoms with Gasteiger partial charge in [0.2, 0.25) is 0 Å². The smallest absolute Gasteiger partial charge is 0.0724 e. The molecule has 2 aromatic carbocycles. The van der Waals surface area contributed by atoms with Crippen molar-refractivity contribution in [3.63, 3.8) is 0 Å². The van der Waals surface area contributed by atoms with Gasteiger partial charge in [-0.3, -0.25) is 5.84 Å². The highest BCUT2D eigenvalue weighted by Gasteiger charge is 2.15. The number of nitrogens with two attached hydrogens (primary N) is 1. The van der Waals surface area contributed by atoms with Gasteiger partial charge >= 0.3 is 0 Å². The monoisotopic (exact) mass is 324 g/mol. The maximum absolute atomic E-state index is 6.23. The van der Waals surface area contributed by atoms with E-state index >= 15 is 0 Å². The third kappa shape index (κ3) is 2.93. The molecule has 0 bridgehead atoms. The van der Waals surface area contributed by atoms with Crippen molar-refractivity contribution in [1.82, 2.24) is 5.43 Å². The Bertz CT molecular complexity index is 540. The van der Waals surface area contributed by atoms with Crippen LogP contribution in [0.25, 0.3) is 0 Å². The van der Waals surface area contributed by atoms with Gasteiger partial charge in [-0.25, -0.2) is 5.43 Å². The van der Waals surface area contributed by atoms with Crippen LogP contribution in [0, 0.1) is 6.92 Å². The largest absolute Gasteiger partial charge is 0.271 e. The van der Waals surface area contributed by atoms with E-state index in [0.29, 0.717) is 5.02 Å². The lowest BCUT2D eigenvalue weighted by Crippen LogP contribution is -2.29. The number of hydrazine groups is 1. The molecule has 0 heterocycles. The lowest BCUT2D eigenvalue weighted by atomic mass is 9.98. The molecule has 0 radical (unpaired) electrons. The minimum Gasteiger partial charge on any atom is -0.271 e. The molecule has 4 heteroatoms. The highest BCUT2D eigenvalue weighted by molar-refractivity contribution is 9.10. The minimum atomic E-state index is -0.115. The zero-order valence-electron chi connectivity index (χ0n) is 9.95. The topological polar surface area (TPSA) is 38.0 Å². The molecule has 0 amide bonds. The summed E-state index contributed by atoms with van der Waals surface area (Å²) in [7, 11) is 0. The van der Waals surface area contributed by atoms with Gasteiger partial charge in [0.15, 0.2) is 0 Å². The fourth-order valence-electron chi connectivity index (χ4n) is 1.86. The molecule has 0 saturated heterocycles. The number of benzene rings is 2. The lowest BCUT2D eigenvalue weighted by molar-refractivity contribution is 0.636. The summed E-state index contributed by atoms with van der Waals surface area (Å²) in [6.07, 6.45) is 0. The van der Waals surface area contributed by atoms with Gasteiger partial charge in [-0.15, -0.1) is 0 Å². The standard InChI is InChI=1S/C14H14BrClN2/c1-9-2-4-10(5-3-9)14(18-17)12-8-11(15)6-7-13(12)16/h2-8,14,18H,17H2,1H3. The van der Waals surface area contributed by atoms with Crippen molar-refractivity contribution in [3.8, 4) is 0 Å². The highest BCUT2D eigenvalue weighted by atomic mass is 79.9. The van der Waals surface area contributed by atoms with E-state index in [1.54, 1.807) is 0 Å². The Balaban J connectivity index is 2.44. The third-order valence-electron chi connectivity index (χ3n) is 2.85. The summed E-state index contributed by atoms with van der Waals surface area (Å²) < 4.78 is 0.981. The summed E-state index contributed by atoms with van der Waals surface area (Å²) in [4.78, 5) is 0. The van der Waals surface area contributed by atoms with Gasteiger partial charge in [0.1, 0.15) is 0 Å². The zero-order valence-corrected chi connectivity index (χ0v) is 12.3. The van der Waals surface area contributed by atoms with Crippen molar-refractivity contribution in [2.75, 3.05) is 0 Å². The molecule has 2 aromatic rings. The van der Waals surface area contributed by atoms with Crippen LogP contribution >= 0.6 is 27.5 Å². The Labute approximate surface area is 120 Å². The fourth-order valence-corrected chi connectivity index (χ4v) is 2.47. The summed E-state index contributed by atoms with van der Waals surface area (Å²) in [5.41, 5.74) is 6.08. The second-order valence-corrected chi connectivity index (χ2v) is 5.50. The number of aryl methyl sites for hydroxylation is 1. The molecular weight excluding hydrogens is 312 g/mol. The molecule has 0 aromatic heterocycles. The molecule has 0 spiro atoms. The van der Waals surface area contributed by atoms with Gasteiger partial charge in [-0.1, -0.05) is 57.4 Å². The van der Waals surface area contributed by atoms with E-state index < -0.39 is 0 Å². The Morgan fingerprint density at radius 1 is 1.17 bits per heavy atom. The first kappa shape index (κ1) is 13.6. The molecule has 18 heavy (non-hydrogen) atoms. The average Bonchev–Trinajstić information content (AvgIpc) is 2.37. The Hall–Kier alpha value is -0.870. The van der Waals surface area contributed by atoms with E-state index in [1.165, 1.54) is 5.56 Å². The fraction of sp³-hybridized carbons (Fsp3) is 0.143. The van der Waals surface area contributed by atoms with Gasteiger partial charge < -0.3 is 0 Å². The number of hydrogen-bond donors (Lipinski definition) is 2. The van der Waals surface area contributed by atoms with Crippen LogP contribution in [0.3, 0.4) is 0 Å². The number of rotatable bonds is 3. The zero-order chi connectivity index (χ0) is 13.1. The molecule has 1 atom stereocenters. The van der Waals surface area contributed by atoms with E-state index in [1.807, 2.05) is 18.2 Å². The maximum Gasteiger partial charge on any atom is 0.0724 e. The highest BCUT2D eigenvalue weighted by Crippen LogP contribution is 2.30. The Morgan fingerprint density at radius 2 is 1.83 bits per heavy atom. The number of hydrogen-bond acceptors (Lipinski definition) is 2. The van der Waals surface area contributed by atoms with Crippen molar-refractivity contribution in [3.05, 3.63) is 68.7 Å². The van der Waals surface area contributed by atoms with Gasteiger partial charge in [0.25, 0.3) is 0 Å². The molecule has 3 N–H and O–H groups in total. The van der Waals surface area contributed by atoms with E-state index in [9.17, 15) is 0 Å². The Kier molecular flexibility index (Phi) is 4.40. The van der Waals surface area contributed by atoms with Crippen LogP contribution in [-0.2, 0) is 0 Å². The Morgan fingerprint density at radius 3 is 2.44 bits per heavy atom. The first-order valence-electron chi connectivity index (χ1n) is 5.59. The van der Waals surface area contributed by atoms with Crippen LogP contribution in [0.5, 0.6) is 0 Å². The van der Waals surface area contributed by atoms with Crippen molar-refractivity contribution in [2.45, 2.75) is 13.0 Å². The quantitative estimate of drug-likeness (QED) is 0.662. The summed E-state index contributed by atoms with van der Waals surface area (Å²) >= 11 is 9.69. The second-order valence-electron chi connectivity index (χ2n) is 4.18. The predicted octanol–water partition coefficient (Wildman–Crippen LogP) is 3.96. The van der Waals surface area contributed by atoms with Crippen LogP contribution < -0.4 is 11.3 Å². The summed E-state index contributed by atoms with van der Waals surface area (Å²) in [5.74, 6) is 5.67. The summed E-state index contributed by atoms with van der Waals surface area (Å²) in [5, 5.41) is 0.696. The molecular formula is C14H14BrClN2. The molecule has 0 aliphatic heterocycles. The SMILES string of the molecule is Cc1ccc(C(NN)c2cc(Br)ccc2Cl)cc1. The second kappa shape index (κ2) is 5.85. The number of nitrogens with one attached hydrogen (secondary N) is 1. The van der Waals surface area contributed by atoms with Crippen LogP contribution in [0.15, 0.2) is 46.9 Å². The van der Waals surface area contributed by atoms with Gasteiger partial charge in [0.05, 0.1) is 6.04 Å². The first-order valence-corrected chi connectivity index (χ1v) is 6.76. The van der Waals surface area contributed by atoms with Crippen molar-refractivity contribution < 1.29 is 0 Å². The van der Waals surface area contributed by atoms with Crippen LogP contribution in [0.2, 0.25) is 5.02 Å². The molecule has 0 aliphatic rings. The van der Waals surface area contributed by atoms with E-state index in [2.05, 4.69) is 52.5 Å². The van der Waals surface area contributed by atoms with Crippen molar-refractivity contribution in [2.24, 2.45) is 5.84 Å². The van der Waals surface area contributed by atoms with Gasteiger partial charge in [0, 0.05) is 9.50 Å². The lowest BCUT2D eigenvalue weighted by Gasteiger charge is -2.18.